The molecular formula is C9H16ClN2O+. The number of primary amides is 1. The van der Waals surface area contributed by atoms with E-state index >= 15 is 0 Å². The molecule has 0 unspecified atom stereocenters. The highest BCUT2D eigenvalue weighted by atomic mass is 35.5. The molecule has 1 fully saturated rings. The molecule has 13 heavy (non-hydrogen) atoms. The lowest BCUT2D eigenvalue weighted by molar-refractivity contribution is -0.526. The highest BCUT2D eigenvalue weighted by molar-refractivity contribution is 6.27. The topological polar surface area (TPSA) is 46.1 Å². The summed E-state index contributed by atoms with van der Waals surface area (Å²) >= 11 is 5.97. The van der Waals surface area contributed by atoms with Crippen LogP contribution in [-0.2, 0) is 4.79 Å². The van der Waals surface area contributed by atoms with E-state index in [2.05, 4.69) is 0 Å². The fourth-order valence-electron chi connectivity index (χ4n) is 1.59. The van der Waals surface area contributed by atoms with E-state index in [0.717, 1.165) is 25.8 Å². The lowest BCUT2D eigenvalue weighted by Gasteiger charge is -2.04. The minimum atomic E-state index is -0.242. The van der Waals surface area contributed by atoms with Crippen molar-refractivity contribution >= 4 is 23.7 Å². The smallest absolute Gasteiger partial charge is 0.286 e. The first kappa shape index (κ1) is 10.5. The van der Waals surface area contributed by atoms with E-state index in [9.17, 15) is 4.79 Å². The number of hydrogen-bond acceptors (Lipinski definition) is 1. The molecule has 0 bridgehead atoms. The van der Waals surface area contributed by atoms with Gasteiger partial charge in [-0.1, -0.05) is 6.92 Å². The Kier molecular flexibility index (Phi) is 3.72. The van der Waals surface area contributed by atoms with Crippen LogP contribution in [0.5, 0.6) is 0 Å². The predicted octanol–water partition coefficient (Wildman–Crippen LogP) is 0.735. The Hall–Kier alpha value is -0.570. The summed E-state index contributed by atoms with van der Waals surface area (Å²) in [5.74, 6) is -0.242. The molecule has 1 aliphatic rings. The maximum atomic E-state index is 11.0. The van der Waals surface area contributed by atoms with Gasteiger partial charge in [0.05, 0.1) is 0 Å². The SMILES string of the molecule is CC[C@@H](Cl)C=[N+]1CCC[C@H]1C(N)=O. The Bertz CT molecular complexity index is 228. The van der Waals surface area contributed by atoms with E-state index in [-0.39, 0.29) is 17.3 Å². The third-order valence-corrected chi connectivity index (χ3v) is 2.79. The van der Waals surface area contributed by atoms with Gasteiger partial charge >= 0.3 is 0 Å². The zero-order valence-electron chi connectivity index (χ0n) is 7.87. The highest BCUT2D eigenvalue weighted by Crippen LogP contribution is 2.12. The molecule has 0 spiro atoms. The second-order valence-corrected chi connectivity index (χ2v) is 3.93. The van der Waals surface area contributed by atoms with Crippen molar-refractivity contribution in [1.29, 1.82) is 0 Å². The van der Waals surface area contributed by atoms with Crippen molar-refractivity contribution in [2.75, 3.05) is 6.54 Å². The van der Waals surface area contributed by atoms with E-state index in [1.807, 2.05) is 17.7 Å². The molecule has 2 atom stereocenters. The Labute approximate surface area is 83.6 Å². The minimum Gasteiger partial charge on any atom is -0.364 e. The molecule has 1 saturated heterocycles. The number of nitrogens with zero attached hydrogens (tertiary/aromatic N) is 1. The Morgan fingerprint density at radius 2 is 2.54 bits per heavy atom. The van der Waals surface area contributed by atoms with Gasteiger partial charge in [0.15, 0.2) is 6.21 Å². The molecule has 0 aliphatic carbocycles. The number of carbonyl (C=O) groups excluding carboxylic acids is 1. The summed E-state index contributed by atoms with van der Waals surface area (Å²) in [6.07, 6.45) is 4.68. The van der Waals surface area contributed by atoms with E-state index in [0.29, 0.717) is 0 Å². The lowest BCUT2D eigenvalue weighted by atomic mass is 10.2. The van der Waals surface area contributed by atoms with Crippen LogP contribution in [0.25, 0.3) is 0 Å². The summed E-state index contributed by atoms with van der Waals surface area (Å²) in [7, 11) is 0. The van der Waals surface area contributed by atoms with Crippen LogP contribution in [0.15, 0.2) is 0 Å². The summed E-state index contributed by atoms with van der Waals surface area (Å²) in [4.78, 5) is 11.0. The Morgan fingerprint density at radius 1 is 1.85 bits per heavy atom. The molecule has 74 valence electrons. The molecule has 1 rings (SSSR count). The molecule has 0 saturated carbocycles. The lowest BCUT2D eigenvalue weighted by Crippen LogP contribution is -2.36. The summed E-state index contributed by atoms with van der Waals surface area (Å²) in [6, 6.07) is -0.132. The number of rotatable bonds is 3. The van der Waals surface area contributed by atoms with Gasteiger partial charge in [0.2, 0.25) is 6.04 Å². The molecule has 0 radical (unpaired) electrons. The molecular weight excluding hydrogens is 188 g/mol. The number of halogens is 1. The fraction of sp³-hybridized carbons (Fsp3) is 0.778. The number of nitrogens with two attached hydrogens (primary N) is 1. The average molecular weight is 204 g/mol. The van der Waals surface area contributed by atoms with Gasteiger partial charge in [-0.15, -0.1) is 11.6 Å². The van der Waals surface area contributed by atoms with E-state index < -0.39 is 0 Å². The normalized spacial score (nSPS) is 27.8. The largest absolute Gasteiger partial charge is 0.364 e. The van der Waals surface area contributed by atoms with Crippen molar-refractivity contribution in [3.63, 3.8) is 0 Å². The van der Waals surface area contributed by atoms with Crippen molar-refractivity contribution in [1.82, 2.24) is 0 Å². The van der Waals surface area contributed by atoms with Gasteiger partial charge in [-0.05, 0) is 6.42 Å². The molecule has 1 heterocycles. The zero-order valence-corrected chi connectivity index (χ0v) is 8.63. The third-order valence-electron chi connectivity index (χ3n) is 2.37. The van der Waals surface area contributed by atoms with Crippen molar-refractivity contribution in [2.45, 2.75) is 37.6 Å². The van der Waals surface area contributed by atoms with Gasteiger partial charge < -0.3 is 5.73 Å². The first-order chi connectivity index (χ1) is 6.15. The third kappa shape index (κ3) is 2.69. The number of hydrogen-bond donors (Lipinski definition) is 1. The second-order valence-electron chi connectivity index (χ2n) is 3.37. The van der Waals surface area contributed by atoms with Gasteiger partial charge in [-0.3, -0.25) is 4.79 Å². The van der Waals surface area contributed by atoms with Crippen LogP contribution in [-0.4, -0.2) is 34.7 Å². The molecule has 0 aromatic rings. The quantitative estimate of drug-likeness (QED) is 0.534. The van der Waals surface area contributed by atoms with Crippen molar-refractivity contribution < 1.29 is 9.37 Å². The van der Waals surface area contributed by atoms with Crippen LogP contribution in [0.4, 0.5) is 0 Å². The first-order valence-electron chi connectivity index (χ1n) is 4.69. The van der Waals surface area contributed by atoms with E-state index in [1.54, 1.807) is 0 Å². The number of amides is 1. The molecule has 2 N–H and O–H groups in total. The summed E-state index contributed by atoms with van der Waals surface area (Å²) in [5, 5.41) is 0.0138. The van der Waals surface area contributed by atoms with E-state index in [1.165, 1.54) is 0 Å². The van der Waals surface area contributed by atoms with Crippen LogP contribution in [0, 0.1) is 0 Å². The maximum absolute atomic E-state index is 11.0. The van der Waals surface area contributed by atoms with Gasteiger partial charge in [-0.2, -0.15) is 0 Å². The summed E-state index contributed by atoms with van der Waals surface area (Å²) < 4.78 is 1.98. The summed E-state index contributed by atoms with van der Waals surface area (Å²) in [5.41, 5.74) is 5.26. The standard InChI is InChI=1S/C9H15ClN2O/c1-2-7(10)6-12-5-3-4-8(12)9(11)13/h6-8H,2-5H2,1H3,(H-,11,13)/p+1/t7-,8+/m1/s1. The second kappa shape index (κ2) is 4.61. The van der Waals surface area contributed by atoms with Gasteiger partial charge in [0.1, 0.15) is 11.9 Å². The monoisotopic (exact) mass is 203 g/mol. The molecule has 4 heteroatoms. The predicted molar refractivity (Wildman–Crippen MR) is 53.3 cm³/mol. The average Bonchev–Trinajstić information content (AvgIpc) is 2.52. The Balaban J connectivity index is 2.67. The maximum Gasteiger partial charge on any atom is 0.286 e. The zero-order chi connectivity index (χ0) is 9.84. The first-order valence-corrected chi connectivity index (χ1v) is 5.13. The molecule has 1 aliphatic heterocycles. The molecule has 0 aromatic carbocycles. The van der Waals surface area contributed by atoms with Crippen molar-refractivity contribution in [3.05, 3.63) is 0 Å². The van der Waals surface area contributed by atoms with Crippen LogP contribution >= 0.6 is 11.6 Å². The van der Waals surface area contributed by atoms with Crippen molar-refractivity contribution in [3.8, 4) is 0 Å². The van der Waals surface area contributed by atoms with E-state index in [4.69, 9.17) is 17.3 Å². The van der Waals surface area contributed by atoms with Gasteiger partial charge in [-0.25, -0.2) is 4.58 Å². The van der Waals surface area contributed by atoms with Crippen LogP contribution < -0.4 is 5.73 Å². The summed E-state index contributed by atoms with van der Waals surface area (Å²) in [6.45, 7) is 2.92. The highest BCUT2D eigenvalue weighted by Gasteiger charge is 2.32. The van der Waals surface area contributed by atoms with Gasteiger partial charge in [0, 0.05) is 12.8 Å². The van der Waals surface area contributed by atoms with Crippen molar-refractivity contribution in [2.24, 2.45) is 5.73 Å². The number of alkyl halides is 1. The fourth-order valence-corrected chi connectivity index (χ4v) is 1.73. The van der Waals surface area contributed by atoms with Crippen LogP contribution in [0.3, 0.4) is 0 Å². The number of carbonyl (C=O) groups is 1. The molecule has 0 aromatic heterocycles. The van der Waals surface area contributed by atoms with Crippen LogP contribution in [0.2, 0.25) is 0 Å². The van der Waals surface area contributed by atoms with Gasteiger partial charge in [0.25, 0.3) is 5.91 Å². The van der Waals surface area contributed by atoms with Crippen LogP contribution in [0.1, 0.15) is 26.2 Å². The Morgan fingerprint density at radius 3 is 3.08 bits per heavy atom. The minimum absolute atomic E-state index is 0.0138. The molecule has 3 nitrogen and oxygen atoms in total. The molecule has 1 amide bonds.